The Bertz CT molecular complexity index is 234. The monoisotopic (exact) mass is 240 g/mol. The van der Waals surface area contributed by atoms with E-state index < -0.39 is 0 Å². The smallest absolute Gasteiger partial charge is 0.236 e. The van der Waals surface area contributed by atoms with Crippen molar-refractivity contribution in [2.45, 2.75) is 65.0 Å². The van der Waals surface area contributed by atoms with E-state index in [9.17, 15) is 4.79 Å². The molecule has 1 fully saturated rings. The molecule has 1 amide bonds. The van der Waals surface area contributed by atoms with Crippen molar-refractivity contribution in [3.8, 4) is 0 Å². The molecule has 0 aromatic carbocycles. The van der Waals surface area contributed by atoms with Crippen LogP contribution >= 0.6 is 0 Å². The number of likely N-dealkylation sites (N-methyl/N-ethyl adjacent to an activating group) is 1. The Morgan fingerprint density at radius 3 is 2.47 bits per heavy atom. The molecule has 0 saturated heterocycles. The Kier molecular flexibility index (Phi) is 5.96. The normalized spacial score (nSPS) is 26.6. The topological polar surface area (TPSA) is 32.3 Å². The molecule has 0 heterocycles. The van der Waals surface area contributed by atoms with Crippen molar-refractivity contribution in [3.63, 3.8) is 0 Å². The number of nitrogens with zero attached hydrogens (tertiary/aromatic N) is 1. The zero-order valence-corrected chi connectivity index (χ0v) is 11.8. The van der Waals surface area contributed by atoms with Crippen molar-refractivity contribution in [1.29, 1.82) is 0 Å². The average molecular weight is 240 g/mol. The zero-order chi connectivity index (χ0) is 12.8. The van der Waals surface area contributed by atoms with Crippen LogP contribution in [-0.4, -0.2) is 36.5 Å². The van der Waals surface area contributed by atoms with E-state index in [2.05, 4.69) is 26.1 Å². The minimum atomic E-state index is 0.241. The van der Waals surface area contributed by atoms with Crippen molar-refractivity contribution in [3.05, 3.63) is 0 Å². The lowest BCUT2D eigenvalue weighted by Gasteiger charge is -2.34. The molecule has 17 heavy (non-hydrogen) atoms. The van der Waals surface area contributed by atoms with E-state index in [0.717, 1.165) is 12.3 Å². The molecular weight excluding hydrogens is 212 g/mol. The van der Waals surface area contributed by atoms with E-state index in [4.69, 9.17) is 0 Å². The van der Waals surface area contributed by atoms with Gasteiger partial charge in [-0.2, -0.15) is 0 Å². The van der Waals surface area contributed by atoms with Gasteiger partial charge < -0.3 is 10.2 Å². The van der Waals surface area contributed by atoms with Crippen LogP contribution in [0.3, 0.4) is 0 Å². The SMILES string of the molecule is CCC(C)NCC(=O)N(C)C1CCC(C)CC1. The second-order valence-corrected chi connectivity index (χ2v) is 5.61. The first-order chi connectivity index (χ1) is 8.04. The lowest BCUT2D eigenvalue weighted by molar-refractivity contribution is -0.131. The first-order valence-electron chi connectivity index (χ1n) is 7.03. The minimum absolute atomic E-state index is 0.241. The van der Waals surface area contributed by atoms with Gasteiger partial charge in [-0.05, 0) is 44.9 Å². The van der Waals surface area contributed by atoms with Crippen molar-refractivity contribution >= 4 is 5.91 Å². The fraction of sp³-hybridized carbons (Fsp3) is 0.929. The van der Waals surface area contributed by atoms with E-state index in [1.165, 1.54) is 25.7 Å². The van der Waals surface area contributed by atoms with Crippen LogP contribution in [0.25, 0.3) is 0 Å². The Morgan fingerprint density at radius 1 is 1.35 bits per heavy atom. The number of rotatable bonds is 5. The van der Waals surface area contributed by atoms with Gasteiger partial charge in [-0.3, -0.25) is 4.79 Å². The maximum Gasteiger partial charge on any atom is 0.236 e. The van der Waals surface area contributed by atoms with Gasteiger partial charge in [-0.1, -0.05) is 13.8 Å². The van der Waals surface area contributed by atoms with E-state index in [1.807, 2.05) is 11.9 Å². The molecule has 1 aliphatic carbocycles. The lowest BCUT2D eigenvalue weighted by atomic mass is 9.87. The van der Waals surface area contributed by atoms with E-state index in [0.29, 0.717) is 18.6 Å². The Balaban J connectivity index is 2.31. The fourth-order valence-corrected chi connectivity index (χ4v) is 2.36. The molecule has 3 nitrogen and oxygen atoms in total. The third kappa shape index (κ3) is 4.66. The van der Waals surface area contributed by atoms with Crippen molar-refractivity contribution in [2.24, 2.45) is 5.92 Å². The van der Waals surface area contributed by atoms with Crippen molar-refractivity contribution in [1.82, 2.24) is 10.2 Å². The summed E-state index contributed by atoms with van der Waals surface area (Å²) >= 11 is 0. The molecule has 1 rings (SSSR count). The minimum Gasteiger partial charge on any atom is -0.342 e. The maximum absolute atomic E-state index is 12.0. The average Bonchev–Trinajstić information content (AvgIpc) is 2.35. The van der Waals surface area contributed by atoms with Gasteiger partial charge in [0.15, 0.2) is 0 Å². The maximum atomic E-state index is 12.0. The standard InChI is InChI=1S/C14H28N2O/c1-5-12(3)15-10-14(17)16(4)13-8-6-11(2)7-9-13/h11-13,15H,5-10H2,1-4H3. The Hall–Kier alpha value is -0.570. The molecule has 1 unspecified atom stereocenters. The van der Waals surface area contributed by atoms with Gasteiger partial charge in [0.2, 0.25) is 5.91 Å². The third-order valence-electron chi connectivity index (χ3n) is 4.14. The fourth-order valence-electron chi connectivity index (χ4n) is 2.36. The molecule has 0 bridgehead atoms. The number of hydrogen-bond acceptors (Lipinski definition) is 2. The van der Waals surface area contributed by atoms with E-state index >= 15 is 0 Å². The van der Waals surface area contributed by atoms with Crippen LogP contribution in [0, 0.1) is 5.92 Å². The van der Waals surface area contributed by atoms with Gasteiger partial charge >= 0.3 is 0 Å². The highest BCUT2D eigenvalue weighted by molar-refractivity contribution is 5.78. The molecule has 0 radical (unpaired) electrons. The largest absolute Gasteiger partial charge is 0.342 e. The van der Waals surface area contributed by atoms with Crippen molar-refractivity contribution in [2.75, 3.05) is 13.6 Å². The van der Waals surface area contributed by atoms with Gasteiger partial charge in [-0.15, -0.1) is 0 Å². The van der Waals surface area contributed by atoms with Gasteiger partial charge in [0.05, 0.1) is 6.54 Å². The number of amides is 1. The molecule has 1 atom stereocenters. The first kappa shape index (κ1) is 14.5. The molecule has 0 spiro atoms. The highest BCUT2D eigenvalue weighted by Crippen LogP contribution is 2.26. The highest BCUT2D eigenvalue weighted by atomic mass is 16.2. The van der Waals surface area contributed by atoms with Gasteiger partial charge in [0, 0.05) is 19.1 Å². The molecule has 0 aliphatic heterocycles. The van der Waals surface area contributed by atoms with Gasteiger partial charge in [0.25, 0.3) is 0 Å². The highest BCUT2D eigenvalue weighted by Gasteiger charge is 2.24. The summed E-state index contributed by atoms with van der Waals surface area (Å²) in [6.07, 6.45) is 5.94. The Morgan fingerprint density at radius 2 is 1.94 bits per heavy atom. The van der Waals surface area contributed by atoms with Crippen LogP contribution in [0.2, 0.25) is 0 Å². The molecule has 1 saturated carbocycles. The summed E-state index contributed by atoms with van der Waals surface area (Å²) in [6.45, 7) is 7.05. The van der Waals surface area contributed by atoms with E-state index in [-0.39, 0.29) is 5.91 Å². The van der Waals surface area contributed by atoms with Crippen LogP contribution in [-0.2, 0) is 4.79 Å². The summed E-state index contributed by atoms with van der Waals surface area (Å²) in [4.78, 5) is 14.0. The number of hydrogen-bond donors (Lipinski definition) is 1. The third-order valence-corrected chi connectivity index (χ3v) is 4.14. The summed E-state index contributed by atoms with van der Waals surface area (Å²) in [7, 11) is 1.96. The molecular formula is C14H28N2O. The van der Waals surface area contributed by atoms with Gasteiger partial charge in [-0.25, -0.2) is 0 Å². The lowest BCUT2D eigenvalue weighted by Crippen LogP contribution is -2.44. The molecule has 100 valence electrons. The predicted molar refractivity (Wildman–Crippen MR) is 71.9 cm³/mol. The molecule has 3 heteroatoms. The van der Waals surface area contributed by atoms with Crippen LogP contribution in [0.1, 0.15) is 52.9 Å². The molecule has 0 aromatic heterocycles. The van der Waals surface area contributed by atoms with Crippen LogP contribution < -0.4 is 5.32 Å². The summed E-state index contributed by atoms with van der Waals surface area (Å²) in [5.41, 5.74) is 0. The summed E-state index contributed by atoms with van der Waals surface area (Å²) in [5, 5.41) is 3.27. The quantitative estimate of drug-likeness (QED) is 0.800. The molecule has 1 aliphatic rings. The van der Waals surface area contributed by atoms with Gasteiger partial charge in [0.1, 0.15) is 0 Å². The number of carbonyl (C=O) groups excluding carboxylic acids is 1. The first-order valence-corrected chi connectivity index (χ1v) is 7.03. The number of nitrogens with one attached hydrogen (secondary N) is 1. The summed E-state index contributed by atoms with van der Waals surface area (Å²) in [5.74, 6) is 1.08. The summed E-state index contributed by atoms with van der Waals surface area (Å²) in [6, 6.07) is 0.899. The zero-order valence-electron chi connectivity index (χ0n) is 11.8. The van der Waals surface area contributed by atoms with Crippen LogP contribution in [0.4, 0.5) is 0 Å². The van der Waals surface area contributed by atoms with Crippen molar-refractivity contribution < 1.29 is 4.79 Å². The van der Waals surface area contributed by atoms with Crippen LogP contribution in [0.5, 0.6) is 0 Å². The summed E-state index contributed by atoms with van der Waals surface area (Å²) < 4.78 is 0. The predicted octanol–water partition coefficient (Wildman–Crippen LogP) is 2.41. The van der Waals surface area contributed by atoms with Crippen LogP contribution in [0.15, 0.2) is 0 Å². The van der Waals surface area contributed by atoms with E-state index in [1.54, 1.807) is 0 Å². The molecule has 0 aromatic rings. The molecule has 1 N–H and O–H groups in total. The Labute approximate surface area is 106 Å². The second kappa shape index (κ2) is 7.00. The second-order valence-electron chi connectivity index (χ2n) is 5.61. The number of carbonyl (C=O) groups is 1.